The standard InChI is InChI=1S/C24H32F2N7O7P/c1-13(2)38-21(35)14(3)32-41(36,40-15-8-6-5-7-9-15)37-10-16-18(34)24(26,11-25)22(39-16)33-12-29-17-19(28-4)30-23(27)31-20(17)33/h5-9,12-14,16,18,22,34H,10-11H2,1-4H3,(H,32,36)(H3,27,28,30,31)/t14-,16?,18?,22?,24+,41?/m0/s1. The third kappa shape index (κ3) is 6.41. The average Bonchev–Trinajstić information content (AvgIpc) is 3.45. The third-order valence-electron chi connectivity index (χ3n) is 6.13. The van der Waals surface area contributed by atoms with Crippen molar-refractivity contribution in [3.05, 3.63) is 36.7 Å². The van der Waals surface area contributed by atoms with E-state index in [1.807, 2.05) is 0 Å². The molecule has 41 heavy (non-hydrogen) atoms. The van der Waals surface area contributed by atoms with Crippen LogP contribution in [-0.4, -0.2) is 80.9 Å². The number of alkyl halides is 2. The average molecular weight is 600 g/mol. The van der Waals surface area contributed by atoms with Gasteiger partial charge in [-0.25, -0.2) is 18.3 Å². The SMILES string of the molecule is CNc1nc(N)nc2c1ncn2C1OC(COP(=O)(N[C@@H](C)C(=O)OC(C)C)Oc2ccccc2)C(O)[C@]1(F)CF. The number of imidazole rings is 1. The van der Waals surface area contributed by atoms with Crippen LogP contribution in [0.25, 0.3) is 11.2 Å². The number of carbonyl (C=O) groups excluding carboxylic acids is 1. The van der Waals surface area contributed by atoms with Crippen molar-refractivity contribution in [3.8, 4) is 5.75 Å². The van der Waals surface area contributed by atoms with Crippen LogP contribution in [0.3, 0.4) is 0 Å². The zero-order chi connectivity index (χ0) is 29.9. The number of aromatic nitrogens is 4. The van der Waals surface area contributed by atoms with Crippen LogP contribution in [0.1, 0.15) is 27.0 Å². The van der Waals surface area contributed by atoms with Crippen molar-refractivity contribution in [2.75, 3.05) is 31.4 Å². The van der Waals surface area contributed by atoms with Crippen LogP contribution in [0.4, 0.5) is 20.5 Å². The molecule has 1 aromatic carbocycles. The minimum Gasteiger partial charge on any atom is -0.462 e. The van der Waals surface area contributed by atoms with E-state index in [9.17, 15) is 18.9 Å². The first kappa shape index (κ1) is 30.5. The summed E-state index contributed by atoms with van der Waals surface area (Å²) in [6.45, 7) is 2.31. The van der Waals surface area contributed by atoms with Crippen molar-refractivity contribution in [3.63, 3.8) is 0 Å². The van der Waals surface area contributed by atoms with Crippen LogP contribution in [0, 0.1) is 0 Å². The number of benzene rings is 1. The van der Waals surface area contributed by atoms with Gasteiger partial charge in [-0.2, -0.15) is 15.1 Å². The summed E-state index contributed by atoms with van der Waals surface area (Å²) in [4.78, 5) is 24.6. The van der Waals surface area contributed by atoms with E-state index in [1.165, 1.54) is 19.1 Å². The van der Waals surface area contributed by atoms with Gasteiger partial charge in [0.1, 0.15) is 30.7 Å². The van der Waals surface area contributed by atoms with Crippen LogP contribution in [0.5, 0.6) is 5.75 Å². The lowest BCUT2D eigenvalue weighted by Crippen LogP contribution is -2.45. The van der Waals surface area contributed by atoms with Gasteiger partial charge in [0, 0.05) is 7.05 Å². The van der Waals surface area contributed by atoms with Crippen LogP contribution >= 0.6 is 7.75 Å². The number of anilines is 2. The van der Waals surface area contributed by atoms with Crippen LogP contribution < -0.4 is 20.7 Å². The molecular formula is C24H32F2N7O7P. The maximum atomic E-state index is 16.0. The van der Waals surface area contributed by atoms with Crippen molar-refractivity contribution >= 4 is 36.6 Å². The van der Waals surface area contributed by atoms with E-state index in [0.717, 1.165) is 10.9 Å². The molecule has 0 aliphatic carbocycles. The molecule has 3 heterocycles. The first-order valence-corrected chi connectivity index (χ1v) is 14.2. The number of nitrogens with one attached hydrogen (secondary N) is 2. The zero-order valence-electron chi connectivity index (χ0n) is 22.7. The van der Waals surface area contributed by atoms with Crippen LogP contribution in [-0.2, 0) is 23.4 Å². The molecule has 224 valence electrons. The first-order chi connectivity index (χ1) is 19.4. The van der Waals surface area contributed by atoms with E-state index in [-0.39, 0.29) is 28.7 Å². The van der Waals surface area contributed by atoms with Crippen molar-refractivity contribution in [2.45, 2.75) is 57.0 Å². The van der Waals surface area contributed by atoms with Gasteiger partial charge >= 0.3 is 13.7 Å². The molecule has 0 bridgehead atoms. The van der Waals surface area contributed by atoms with Gasteiger partial charge in [0.05, 0.1) is 19.0 Å². The van der Waals surface area contributed by atoms with Crippen molar-refractivity contribution in [1.29, 1.82) is 0 Å². The predicted molar refractivity (Wildman–Crippen MR) is 143 cm³/mol. The van der Waals surface area contributed by atoms with Gasteiger partial charge in [0.2, 0.25) is 11.6 Å². The summed E-state index contributed by atoms with van der Waals surface area (Å²) in [6, 6.07) is 6.79. The Morgan fingerprint density at radius 2 is 2.00 bits per heavy atom. The first-order valence-electron chi connectivity index (χ1n) is 12.6. The molecule has 1 aliphatic rings. The minimum absolute atomic E-state index is 0.0216. The molecule has 4 rings (SSSR count). The van der Waals surface area contributed by atoms with Crippen LogP contribution in [0.2, 0.25) is 0 Å². The highest BCUT2D eigenvalue weighted by Gasteiger charge is 2.59. The Bertz CT molecular complexity index is 1420. The van der Waals surface area contributed by atoms with E-state index in [4.69, 9.17) is 24.3 Å². The van der Waals surface area contributed by atoms with Crippen molar-refractivity contribution in [1.82, 2.24) is 24.6 Å². The molecular weight excluding hydrogens is 567 g/mol. The molecule has 0 saturated carbocycles. The van der Waals surface area contributed by atoms with E-state index in [2.05, 4.69) is 25.4 Å². The summed E-state index contributed by atoms with van der Waals surface area (Å²) in [5.74, 6) is -0.525. The highest BCUT2D eigenvalue weighted by Crippen LogP contribution is 2.48. The van der Waals surface area contributed by atoms with Gasteiger partial charge in [-0.3, -0.25) is 13.9 Å². The Balaban J connectivity index is 1.59. The second-order valence-corrected chi connectivity index (χ2v) is 11.3. The zero-order valence-corrected chi connectivity index (χ0v) is 23.6. The number of fused-ring (bicyclic) bond motifs is 1. The van der Waals surface area contributed by atoms with Crippen molar-refractivity contribution < 1.29 is 41.8 Å². The van der Waals surface area contributed by atoms with Gasteiger partial charge in [-0.05, 0) is 32.9 Å². The fourth-order valence-corrected chi connectivity index (χ4v) is 5.67. The molecule has 14 nitrogen and oxygen atoms in total. The number of para-hydroxylation sites is 1. The second kappa shape index (κ2) is 12.2. The Morgan fingerprint density at radius 3 is 2.63 bits per heavy atom. The molecule has 5 N–H and O–H groups in total. The molecule has 0 radical (unpaired) electrons. The summed E-state index contributed by atoms with van der Waals surface area (Å²) in [5.41, 5.74) is 3.01. The van der Waals surface area contributed by atoms with Gasteiger partial charge < -0.3 is 30.2 Å². The fourth-order valence-electron chi connectivity index (χ4n) is 4.17. The number of esters is 1. The summed E-state index contributed by atoms with van der Waals surface area (Å²) in [7, 11) is -2.82. The number of hydrogen-bond donors (Lipinski definition) is 4. The molecule has 1 saturated heterocycles. The summed E-state index contributed by atoms with van der Waals surface area (Å²) in [5, 5.41) is 16.1. The van der Waals surface area contributed by atoms with Crippen LogP contribution in [0.15, 0.2) is 36.7 Å². The minimum atomic E-state index is -4.38. The number of halogens is 2. The van der Waals surface area contributed by atoms with E-state index >= 15 is 4.39 Å². The summed E-state index contributed by atoms with van der Waals surface area (Å²) < 4.78 is 67.0. The quantitative estimate of drug-likeness (QED) is 0.176. The number of aliphatic hydroxyl groups is 1. The molecule has 6 atom stereocenters. The van der Waals surface area contributed by atoms with E-state index in [1.54, 1.807) is 39.1 Å². The predicted octanol–water partition coefficient (Wildman–Crippen LogP) is 2.52. The topological polar surface area (TPSA) is 185 Å². The highest BCUT2D eigenvalue weighted by molar-refractivity contribution is 7.52. The summed E-state index contributed by atoms with van der Waals surface area (Å²) >= 11 is 0. The number of carbonyl (C=O) groups is 1. The third-order valence-corrected chi connectivity index (χ3v) is 7.77. The lowest BCUT2D eigenvalue weighted by molar-refractivity contribution is -0.149. The molecule has 1 fully saturated rings. The number of nitrogens with zero attached hydrogens (tertiary/aromatic N) is 4. The maximum Gasteiger partial charge on any atom is 0.459 e. The highest BCUT2D eigenvalue weighted by atomic mass is 31.2. The molecule has 4 unspecified atom stereocenters. The smallest absolute Gasteiger partial charge is 0.459 e. The van der Waals surface area contributed by atoms with Gasteiger partial charge in [0.25, 0.3) is 0 Å². The van der Waals surface area contributed by atoms with E-state index < -0.39 is 63.2 Å². The Labute approximate surface area is 234 Å². The van der Waals surface area contributed by atoms with Gasteiger partial charge in [-0.15, -0.1) is 0 Å². The fraction of sp³-hybridized carbons (Fsp3) is 0.500. The lowest BCUT2D eigenvalue weighted by atomic mass is 9.97. The monoisotopic (exact) mass is 599 g/mol. The lowest BCUT2D eigenvalue weighted by Gasteiger charge is -2.26. The number of nitrogens with two attached hydrogens (primary N) is 1. The Morgan fingerprint density at radius 1 is 1.29 bits per heavy atom. The number of nitrogen functional groups attached to an aromatic ring is 1. The maximum absolute atomic E-state index is 16.0. The molecule has 3 aromatic rings. The molecule has 2 aromatic heterocycles. The Kier molecular flexibility index (Phi) is 9.09. The summed E-state index contributed by atoms with van der Waals surface area (Å²) in [6.07, 6.45) is -4.66. The number of ether oxygens (including phenoxy) is 2. The van der Waals surface area contributed by atoms with E-state index in [0.29, 0.717) is 0 Å². The van der Waals surface area contributed by atoms with Gasteiger partial charge in [-0.1, -0.05) is 18.2 Å². The Hall–Kier alpha value is -3.43. The molecule has 1 aliphatic heterocycles. The number of rotatable bonds is 12. The number of hydrogen-bond acceptors (Lipinski definition) is 12. The van der Waals surface area contributed by atoms with Crippen molar-refractivity contribution in [2.24, 2.45) is 0 Å². The largest absolute Gasteiger partial charge is 0.462 e. The second-order valence-electron chi connectivity index (χ2n) is 9.57. The number of aliphatic hydroxyl groups excluding tert-OH is 1. The molecule has 0 amide bonds. The van der Waals surface area contributed by atoms with Gasteiger partial charge in [0.15, 0.2) is 23.2 Å². The molecule has 0 spiro atoms. The normalized spacial score (nSPS) is 24.7. The molecule has 17 heteroatoms.